The first-order valence-corrected chi connectivity index (χ1v) is 13.8. The quantitative estimate of drug-likeness (QED) is 0.243. The predicted octanol–water partition coefficient (Wildman–Crippen LogP) is 9.40. The van der Waals surface area contributed by atoms with Gasteiger partial charge in [0.05, 0.1) is 0 Å². The van der Waals surface area contributed by atoms with Crippen LogP contribution in [0.15, 0.2) is 21.7 Å². The van der Waals surface area contributed by atoms with Gasteiger partial charge in [-0.2, -0.15) is 52.7 Å². The second-order valence-corrected chi connectivity index (χ2v) is 12.5. The minimum atomic E-state index is -5.69. The van der Waals surface area contributed by atoms with Gasteiger partial charge in [-0.3, -0.25) is 0 Å². The Morgan fingerprint density at radius 1 is 0.610 bits per heavy atom. The summed E-state index contributed by atoms with van der Waals surface area (Å²) in [5, 5.41) is 15.9. The van der Waals surface area contributed by atoms with Crippen molar-refractivity contribution in [3.63, 3.8) is 0 Å². The third-order valence-corrected chi connectivity index (χ3v) is 7.81. The molecule has 242 valence electrons. The molecule has 0 aliphatic rings. The van der Waals surface area contributed by atoms with Crippen molar-refractivity contribution >= 4 is 10.1 Å². The molecule has 41 heavy (non-hydrogen) atoms. The zero-order valence-corrected chi connectivity index (χ0v) is 25.8. The number of nitrogens with zero attached hydrogens (tertiary/aromatic N) is 1. The van der Waals surface area contributed by atoms with E-state index in [0.29, 0.717) is 11.8 Å². The number of alkyl halides is 12. The van der Waals surface area contributed by atoms with Crippen molar-refractivity contribution in [2.75, 3.05) is 0 Å². The summed E-state index contributed by atoms with van der Waals surface area (Å²) in [6.07, 6.45) is -22.8. The van der Waals surface area contributed by atoms with Crippen LogP contribution in [-0.4, -0.2) is 50.5 Å². The molecule has 0 fully saturated rings. The van der Waals surface area contributed by atoms with E-state index in [1.54, 1.807) is 0 Å². The fourth-order valence-corrected chi connectivity index (χ4v) is 3.86. The number of halogens is 12. The second-order valence-electron chi connectivity index (χ2n) is 10.9. The molecule has 0 aliphatic heterocycles. The predicted molar refractivity (Wildman–Crippen MR) is 128 cm³/mol. The van der Waals surface area contributed by atoms with Gasteiger partial charge in [-0.25, -0.2) is 0 Å². The smallest absolute Gasteiger partial charge is 0.374 e. The Morgan fingerprint density at radius 2 is 0.878 bits per heavy atom. The molecule has 0 heterocycles. The molecule has 0 aromatic heterocycles. The van der Waals surface area contributed by atoms with Gasteiger partial charge >= 0.3 is 151 Å². The van der Waals surface area contributed by atoms with Gasteiger partial charge in [0.15, 0.2) is 0 Å². The van der Waals surface area contributed by atoms with Crippen LogP contribution in [0, 0.1) is 5.41 Å². The van der Waals surface area contributed by atoms with Gasteiger partial charge in [-0.05, 0) is 13.8 Å². The van der Waals surface area contributed by atoms with E-state index in [1.807, 2.05) is 0 Å². The molecule has 16 heteroatoms. The van der Waals surface area contributed by atoms with Crippen LogP contribution in [0.5, 0.6) is 0 Å². The molecular formula is C25H35F12MoNO2. The average Bonchev–Trinajstić information content (AvgIpc) is 2.70. The summed E-state index contributed by atoms with van der Waals surface area (Å²) in [7, 11) is 0. The van der Waals surface area contributed by atoms with Gasteiger partial charge in [0.1, 0.15) is 0 Å². The summed E-state index contributed by atoms with van der Waals surface area (Å²) >= 11 is -0.415. The molecule has 0 spiro atoms. The van der Waals surface area contributed by atoms with Crippen LogP contribution in [0.3, 0.4) is 0 Å². The molecule has 0 bridgehead atoms. The zero-order chi connectivity index (χ0) is 33.6. The molecule has 1 rings (SSSR count). The molecule has 0 amide bonds. The third-order valence-electron chi connectivity index (χ3n) is 5.10. The van der Waals surface area contributed by atoms with Gasteiger partial charge in [0.2, 0.25) is 0 Å². The van der Waals surface area contributed by atoms with Crippen molar-refractivity contribution in [1.82, 2.24) is 0 Å². The van der Waals surface area contributed by atoms with E-state index in [9.17, 15) is 52.7 Å². The van der Waals surface area contributed by atoms with Crippen molar-refractivity contribution in [3.05, 3.63) is 29.3 Å². The molecule has 0 unspecified atom stereocenters. The van der Waals surface area contributed by atoms with Crippen molar-refractivity contribution in [1.29, 1.82) is 0 Å². The van der Waals surface area contributed by atoms with Gasteiger partial charge in [-0.15, -0.1) is 0 Å². The topological polar surface area (TPSA) is 52.8 Å². The standard InChI is InChI=1S/C12H17N.C5H10.2C4H4F6O.Mo/c1-8(2)10-6-5-7-11(9(3)4)12(10)13;1-5(2,3)4;2*1-2(11,3(5,6)7)4(8,9)10;/h5-9H,1-4H3;1H,2-4H3;2*11H,1H3;. The number of benzene rings is 1. The van der Waals surface area contributed by atoms with Crippen LogP contribution >= 0.6 is 0 Å². The summed E-state index contributed by atoms with van der Waals surface area (Å²) in [6.45, 7) is 15.1. The Kier molecular flexibility index (Phi) is 14.7. The molecule has 2 N–H and O–H groups in total. The van der Waals surface area contributed by atoms with Crippen molar-refractivity contribution < 1.29 is 80.8 Å². The monoisotopic (exact) mass is 707 g/mol. The molecule has 0 aliphatic carbocycles. The minimum absolute atomic E-state index is 0.288. The first-order chi connectivity index (χ1) is 17.7. The van der Waals surface area contributed by atoms with E-state index in [0.717, 1.165) is 0 Å². The first-order valence-electron chi connectivity index (χ1n) is 11.8. The normalized spacial score (nSPS) is 13.7. The van der Waals surface area contributed by atoms with E-state index < -0.39 is 53.8 Å². The molecule has 0 atom stereocenters. The van der Waals surface area contributed by atoms with Gasteiger partial charge in [0, 0.05) is 0 Å². The van der Waals surface area contributed by atoms with Gasteiger partial charge in [-0.1, -0.05) is 0 Å². The van der Waals surface area contributed by atoms with Crippen LogP contribution in [0.2, 0.25) is 0 Å². The SMILES string of the molecule is CC(C)c1cccc(C(C)C)c1[N]=[Mo]=[CH]C(C)(C)C.CC(O)(C(F)(F)F)C(F)(F)F.CC(O)(C(F)(F)F)C(F)(F)F. The molecule has 3 nitrogen and oxygen atoms in total. The molecule has 0 saturated carbocycles. The molecule has 0 saturated heterocycles. The summed E-state index contributed by atoms with van der Waals surface area (Å²) in [4.78, 5) is 0. The summed E-state index contributed by atoms with van der Waals surface area (Å²) in [5.74, 6) is 1.08. The van der Waals surface area contributed by atoms with Gasteiger partial charge in [0.25, 0.3) is 11.2 Å². The van der Waals surface area contributed by atoms with Crippen LogP contribution in [0.25, 0.3) is 0 Å². The van der Waals surface area contributed by atoms with Gasteiger partial charge < -0.3 is 10.2 Å². The molecule has 1 aromatic carbocycles. The van der Waals surface area contributed by atoms with Crippen LogP contribution in [0.1, 0.15) is 85.3 Å². The Labute approximate surface area is 239 Å². The second kappa shape index (κ2) is 14.4. The maximum atomic E-state index is 11.4. The largest absolute Gasteiger partial charge is 0.425 e. The van der Waals surface area contributed by atoms with Crippen LogP contribution < -0.4 is 0 Å². The number of aliphatic hydroxyl groups is 2. The Hall–Kier alpha value is -1.34. The van der Waals surface area contributed by atoms with E-state index >= 15 is 0 Å². The number of hydrogen-bond donors (Lipinski definition) is 2. The van der Waals surface area contributed by atoms with E-state index in [2.05, 4.69) is 71.1 Å². The maximum absolute atomic E-state index is 11.4. The average molecular weight is 705 g/mol. The molecule has 0 radical (unpaired) electrons. The Balaban J connectivity index is 0. The van der Waals surface area contributed by atoms with Crippen molar-refractivity contribution in [2.24, 2.45) is 8.91 Å². The zero-order valence-electron chi connectivity index (χ0n) is 23.7. The van der Waals surface area contributed by atoms with Crippen molar-refractivity contribution in [3.8, 4) is 0 Å². The maximum Gasteiger partial charge on any atom is 0.425 e. The first kappa shape index (κ1) is 41.8. The Morgan fingerprint density at radius 3 is 1.05 bits per heavy atom. The van der Waals surface area contributed by atoms with E-state index in [4.69, 9.17) is 13.7 Å². The van der Waals surface area contributed by atoms with Crippen LogP contribution in [0.4, 0.5) is 58.4 Å². The molecule has 1 aromatic rings. The number of rotatable bonds is 3. The number of hydrogen-bond acceptors (Lipinski definition) is 3. The van der Waals surface area contributed by atoms with E-state index in [1.165, 1.54) is 16.8 Å². The van der Waals surface area contributed by atoms with E-state index in [-0.39, 0.29) is 19.3 Å². The fourth-order valence-electron chi connectivity index (χ4n) is 2.18. The van der Waals surface area contributed by atoms with Crippen LogP contribution in [-0.2, 0) is 17.9 Å². The minimum Gasteiger partial charge on any atom is -0.374 e. The molecular weight excluding hydrogens is 670 g/mol. The third kappa shape index (κ3) is 12.8. The summed E-state index contributed by atoms with van der Waals surface area (Å²) in [5.41, 5.74) is -4.89. The fraction of sp³-hybridized carbons (Fsp3) is 0.720. The summed E-state index contributed by atoms with van der Waals surface area (Å²) < 4.78 is 144. The van der Waals surface area contributed by atoms with Crippen molar-refractivity contribution in [2.45, 2.75) is 110 Å². The Bertz CT molecular complexity index is 929. The summed E-state index contributed by atoms with van der Waals surface area (Å²) in [6, 6.07) is 6.65.